The molecule has 118 valence electrons. The van der Waals surface area contributed by atoms with Gasteiger partial charge < -0.3 is 5.32 Å². The van der Waals surface area contributed by atoms with E-state index in [2.05, 4.69) is 10.3 Å². The molecule has 22 heavy (non-hydrogen) atoms. The van der Waals surface area contributed by atoms with Crippen molar-refractivity contribution in [3.05, 3.63) is 35.4 Å². The largest absolute Gasteiger partial charge is 0.432 e. The standard InChI is InChI=1S/C16H18F3N3/c1-10-21-7-13-3-2-12(14(22(10)13)16(17,18)19)4-11-5-15(6-11)8-20-9-15/h2-3,7,11,20H,4-6,8-9H2,1H3. The fourth-order valence-electron chi connectivity index (χ4n) is 4.14. The second-order valence-corrected chi connectivity index (χ2v) is 6.85. The first-order valence-electron chi connectivity index (χ1n) is 7.62. The van der Waals surface area contributed by atoms with Crippen LogP contribution < -0.4 is 5.32 Å². The van der Waals surface area contributed by atoms with Gasteiger partial charge in [-0.15, -0.1) is 0 Å². The molecule has 3 nitrogen and oxygen atoms in total. The summed E-state index contributed by atoms with van der Waals surface area (Å²) in [6.07, 6.45) is -0.285. The van der Waals surface area contributed by atoms with E-state index in [1.807, 2.05) is 0 Å². The Morgan fingerprint density at radius 1 is 1.32 bits per heavy atom. The van der Waals surface area contributed by atoms with E-state index in [9.17, 15) is 13.2 Å². The van der Waals surface area contributed by atoms with Crippen LogP contribution in [0.2, 0.25) is 0 Å². The maximum atomic E-state index is 13.6. The van der Waals surface area contributed by atoms with Gasteiger partial charge in [0.05, 0.1) is 11.7 Å². The molecule has 1 saturated heterocycles. The molecular formula is C16H18F3N3. The molecule has 1 saturated carbocycles. The van der Waals surface area contributed by atoms with Crippen LogP contribution in [-0.2, 0) is 12.6 Å². The molecule has 0 bridgehead atoms. The van der Waals surface area contributed by atoms with Crippen LogP contribution in [0, 0.1) is 18.3 Å². The van der Waals surface area contributed by atoms with Gasteiger partial charge in [-0.2, -0.15) is 13.2 Å². The molecule has 1 aliphatic heterocycles. The quantitative estimate of drug-likeness (QED) is 0.923. The zero-order valence-corrected chi connectivity index (χ0v) is 12.4. The average Bonchev–Trinajstić information content (AvgIpc) is 2.71. The highest BCUT2D eigenvalue weighted by Gasteiger charge is 2.48. The second-order valence-electron chi connectivity index (χ2n) is 6.85. The molecule has 2 aromatic heterocycles. The summed E-state index contributed by atoms with van der Waals surface area (Å²) in [6.45, 7) is 3.66. The van der Waals surface area contributed by atoms with Crippen molar-refractivity contribution in [2.75, 3.05) is 13.1 Å². The molecule has 1 aliphatic carbocycles. The summed E-state index contributed by atoms with van der Waals surface area (Å²) in [4.78, 5) is 4.02. The fraction of sp³-hybridized carbons (Fsp3) is 0.562. The van der Waals surface area contributed by atoms with E-state index in [0.29, 0.717) is 34.7 Å². The second kappa shape index (κ2) is 4.47. The minimum Gasteiger partial charge on any atom is -0.316 e. The van der Waals surface area contributed by atoms with Crippen LogP contribution in [0.25, 0.3) is 5.52 Å². The number of hydrogen-bond donors (Lipinski definition) is 1. The lowest BCUT2D eigenvalue weighted by atomic mass is 9.57. The molecule has 1 spiro atoms. The van der Waals surface area contributed by atoms with Gasteiger partial charge in [-0.3, -0.25) is 4.40 Å². The summed E-state index contributed by atoms with van der Waals surface area (Å²) in [5, 5.41) is 3.26. The first-order valence-corrected chi connectivity index (χ1v) is 7.62. The molecular weight excluding hydrogens is 291 g/mol. The van der Waals surface area contributed by atoms with Gasteiger partial charge in [0.25, 0.3) is 0 Å². The van der Waals surface area contributed by atoms with Gasteiger partial charge in [-0.25, -0.2) is 4.98 Å². The molecule has 0 atom stereocenters. The molecule has 2 aromatic rings. The third kappa shape index (κ3) is 2.04. The Bertz CT molecular complexity index is 720. The Morgan fingerprint density at radius 2 is 2.05 bits per heavy atom. The predicted molar refractivity (Wildman–Crippen MR) is 76.7 cm³/mol. The van der Waals surface area contributed by atoms with Crippen LogP contribution in [-0.4, -0.2) is 22.5 Å². The SMILES string of the molecule is Cc1ncc2ccc(CC3CC4(CNC4)C3)c(C(F)(F)F)n12. The van der Waals surface area contributed by atoms with Crippen molar-refractivity contribution in [1.29, 1.82) is 0 Å². The number of aryl methyl sites for hydroxylation is 1. The van der Waals surface area contributed by atoms with E-state index in [1.165, 1.54) is 10.6 Å². The zero-order chi connectivity index (χ0) is 15.5. The Balaban J connectivity index is 1.69. The summed E-state index contributed by atoms with van der Waals surface area (Å²) < 4.78 is 42.0. The van der Waals surface area contributed by atoms with E-state index in [-0.39, 0.29) is 0 Å². The number of pyridine rings is 1. The lowest BCUT2D eigenvalue weighted by Crippen LogP contribution is -2.60. The molecule has 1 N–H and O–H groups in total. The van der Waals surface area contributed by atoms with Crippen molar-refractivity contribution < 1.29 is 13.2 Å². The van der Waals surface area contributed by atoms with Gasteiger partial charge in [-0.05, 0) is 49.1 Å². The Morgan fingerprint density at radius 3 is 2.64 bits per heavy atom. The number of alkyl halides is 3. The van der Waals surface area contributed by atoms with Crippen LogP contribution >= 0.6 is 0 Å². The highest BCUT2D eigenvalue weighted by Crippen LogP contribution is 2.50. The lowest BCUT2D eigenvalue weighted by molar-refractivity contribution is -0.143. The van der Waals surface area contributed by atoms with Gasteiger partial charge >= 0.3 is 6.18 Å². The fourth-order valence-corrected chi connectivity index (χ4v) is 4.14. The number of nitrogens with one attached hydrogen (secondary N) is 1. The first kappa shape index (κ1) is 14.1. The summed E-state index contributed by atoms with van der Waals surface area (Å²) in [5.74, 6) is 0.752. The Hall–Kier alpha value is -1.56. The van der Waals surface area contributed by atoms with Crippen molar-refractivity contribution in [3.8, 4) is 0 Å². The lowest BCUT2D eigenvalue weighted by Gasteiger charge is -2.54. The third-order valence-electron chi connectivity index (χ3n) is 5.17. The maximum absolute atomic E-state index is 13.6. The van der Waals surface area contributed by atoms with E-state index in [1.54, 1.807) is 19.1 Å². The van der Waals surface area contributed by atoms with Crippen LogP contribution in [0.4, 0.5) is 13.2 Å². The van der Waals surface area contributed by atoms with Gasteiger partial charge in [0.1, 0.15) is 11.5 Å². The molecule has 6 heteroatoms. The maximum Gasteiger partial charge on any atom is 0.432 e. The summed E-state index contributed by atoms with van der Waals surface area (Å²) in [5.41, 5.74) is 0.737. The van der Waals surface area contributed by atoms with Crippen molar-refractivity contribution in [2.45, 2.75) is 32.4 Å². The third-order valence-corrected chi connectivity index (χ3v) is 5.17. The van der Waals surface area contributed by atoms with E-state index < -0.39 is 11.9 Å². The number of halogens is 3. The monoisotopic (exact) mass is 309 g/mol. The van der Waals surface area contributed by atoms with Crippen molar-refractivity contribution in [2.24, 2.45) is 11.3 Å². The van der Waals surface area contributed by atoms with Crippen LogP contribution in [0.1, 0.15) is 29.9 Å². The van der Waals surface area contributed by atoms with Crippen molar-refractivity contribution in [1.82, 2.24) is 14.7 Å². The molecule has 4 rings (SSSR count). The van der Waals surface area contributed by atoms with Crippen molar-refractivity contribution >= 4 is 5.52 Å². The minimum atomic E-state index is -4.36. The highest BCUT2D eigenvalue weighted by atomic mass is 19.4. The van der Waals surface area contributed by atoms with Gasteiger partial charge in [-0.1, -0.05) is 6.07 Å². The number of fused-ring (bicyclic) bond motifs is 1. The smallest absolute Gasteiger partial charge is 0.316 e. The topological polar surface area (TPSA) is 29.3 Å². The normalized spacial score (nSPS) is 21.1. The molecule has 0 radical (unpaired) electrons. The van der Waals surface area contributed by atoms with Crippen LogP contribution in [0.5, 0.6) is 0 Å². The highest BCUT2D eigenvalue weighted by molar-refractivity contribution is 5.50. The number of hydrogen-bond acceptors (Lipinski definition) is 2. The number of rotatable bonds is 2. The Labute approximate surface area is 126 Å². The predicted octanol–water partition coefficient (Wildman–Crippen LogP) is 3.20. The Kier molecular flexibility index (Phi) is 2.86. The van der Waals surface area contributed by atoms with E-state index in [4.69, 9.17) is 0 Å². The molecule has 2 fully saturated rings. The average molecular weight is 309 g/mol. The number of nitrogens with zero attached hydrogens (tertiary/aromatic N) is 2. The molecule has 3 heterocycles. The molecule has 0 amide bonds. The molecule has 0 aromatic carbocycles. The van der Waals surface area contributed by atoms with Gasteiger partial charge in [0.2, 0.25) is 0 Å². The van der Waals surface area contributed by atoms with E-state index >= 15 is 0 Å². The van der Waals surface area contributed by atoms with Crippen LogP contribution in [0.15, 0.2) is 18.3 Å². The van der Waals surface area contributed by atoms with Crippen molar-refractivity contribution in [3.63, 3.8) is 0 Å². The summed E-state index contributed by atoms with van der Waals surface area (Å²) in [7, 11) is 0. The molecule has 2 aliphatic rings. The van der Waals surface area contributed by atoms with E-state index in [0.717, 1.165) is 25.9 Å². The van der Waals surface area contributed by atoms with Gasteiger partial charge in [0.15, 0.2) is 0 Å². The molecule has 0 unspecified atom stereocenters. The summed E-state index contributed by atoms with van der Waals surface area (Å²) in [6, 6.07) is 3.37. The van der Waals surface area contributed by atoms with Crippen LogP contribution in [0.3, 0.4) is 0 Å². The summed E-state index contributed by atoms with van der Waals surface area (Å²) >= 11 is 0. The first-order chi connectivity index (χ1) is 10.4. The van der Waals surface area contributed by atoms with Gasteiger partial charge in [0, 0.05) is 13.1 Å². The number of imidazole rings is 1. The number of aromatic nitrogens is 2. The minimum absolute atomic E-state index is 0.365. The zero-order valence-electron chi connectivity index (χ0n) is 12.4.